The maximum Gasteiger partial charge on any atom is 0.326 e. The largest absolute Gasteiger partial charge is 0.480 e. The quantitative estimate of drug-likeness (QED) is 0.481. The molecule has 0 aliphatic carbocycles. The lowest BCUT2D eigenvalue weighted by Gasteiger charge is -2.21. The highest BCUT2D eigenvalue weighted by atomic mass is 16.5. The predicted octanol–water partition coefficient (Wildman–Crippen LogP) is -0.700. The van der Waals surface area contributed by atoms with Gasteiger partial charge in [0.1, 0.15) is 6.04 Å². The van der Waals surface area contributed by atoms with Gasteiger partial charge in [-0.15, -0.1) is 0 Å². The molecule has 1 unspecified atom stereocenters. The van der Waals surface area contributed by atoms with Crippen LogP contribution in [0.3, 0.4) is 0 Å². The lowest BCUT2D eigenvalue weighted by molar-refractivity contribution is -0.141. The minimum atomic E-state index is -1.24. The highest BCUT2D eigenvalue weighted by Crippen LogP contribution is 2.00. The molecule has 0 heterocycles. The van der Waals surface area contributed by atoms with E-state index in [4.69, 9.17) is 10.8 Å². The number of nitrogens with one attached hydrogen (secondary N) is 1. The number of esters is 1. The fourth-order valence-corrected chi connectivity index (χ4v) is 1.47. The first-order chi connectivity index (χ1) is 9.77. The molecule has 21 heavy (non-hydrogen) atoms. The molecule has 4 N–H and O–H groups in total. The summed E-state index contributed by atoms with van der Waals surface area (Å²) in [7, 11) is 2.74. The van der Waals surface area contributed by atoms with E-state index in [-0.39, 0.29) is 31.8 Å². The van der Waals surface area contributed by atoms with Crippen LogP contribution < -0.4 is 11.1 Å². The summed E-state index contributed by atoms with van der Waals surface area (Å²) < 4.78 is 4.46. The molecular weight excluding hydrogens is 282 g/mol. The molecule has 0 spiro atoms. The first-order valence-electron chi connectivity index (χ1n) is 6.37. The smallest absolute Gasteiger partial charge is 0.326 e. The average molecular weight is 303 g/mol. The summed E-state index contributed by atoms with van der Waals surface area (Å²) in [5, 5.41) is 11.2. The standard InChI is InChI=1S/C12H21N3O6/c1-15(7-3-4-10(17)21-2)12(20)14-8(11(18)19)5-6-9(13)16/h8H,3-7H2,1-2H3,(H2,13,16)(H,14,20)(H,18,19). The summed E-state index contributed by atoms with van der Waals surface area (Å²) in [6.45, 7) is 0.267. The van der Waals surface area contributed by atoms with Crippen molar-refractivity contribution in [1.29, 1.82) is 0 Å². The maximum atomic E-state index is 11.8. The Bertz CT molecular complexity index is 398. The van der Waals surface area contributed by atoms with Crippen molar-refractivity contribution in [3.63, 3.8) is 0 Å². The van der Waals surface area contributed by atoms with Crippen molar-refractivity contribution in [2.75, 3.05) is 20.7 Å². The number of nitrogens with two attached hydrogens (primary N) is 1. The van der Waals surface area contributed by atoms with E-state index in [0.29, 0.717) is 6.42 Å². The molecular formula is C12H21N3O6. The summed E-state index contributed by atoms with van der Waals surface area (Å²) >= 11 is 0. The minimum absolute atomic E-state index is 0.0770. The molecule has 9 nitrogen and oxygen atoms in total. The number of methoxy groups -OCH3 is 1. The molecule has 120 valence electrons. The maximum absolute atomic E-state index is 11.8. The van der Waals surface area contributed by atoms with Crippen LogP contribution >= 0.6 is 0 Å². The third kappa shape index (κ3) is 8.45. The first kappa shape index (κ1) is 18.7. The van der Waals surface area contributed by atoms with Gasteiger partial charge in [-0.2, -0.15) is 0 Å². The predicted molar refractivity (Wildman–Crippen MR) is 72.3 cm³/mol. The van der Waals surface area contributed by atoms with E-state index in [1.165, 1.54) is 19.1 Å². The highest BCUT2D eigenvalue weighted by molar-refractivity contribution is 5.83. The van der Waals surface area contributed by atoms with Gasteiger partial charge in [-0.1, -0.05) is 0 Å². The van der Waals surface area contributed by atoms with Gasteiger partial charge in [0, 0.05) is 26.4 Å². The summed E-state index contributed by atoms with van der Waals surface area (Å²) in [6.07, 6.45) is 0.351. The number of nitrogens with zero attached hydrogens (tertiary/aromatic N) is 1. The number of carbonyl (C=O) groups excluding carboxylic acids is 3. The van der Waals surface area contributed by atoms with Crippen molar-refractivity contribution in [3.8, 4) is 0 Å². The molecule has 0 saturated carbocycles. The van der Waals surface area contributed by atoms with Crippen LogP contribution in [-0.2, 0) is 19.1 Å². The average Bonchev–Trinajstić information content (AvgIpc) is 2.41. The molecule has 0 aromatic rings. The van der Waals surface area contributed by atoms with Gasteiger partial charge in [0.25, 0.3) is 0 Å². The van der Waals surface area contributed by atoms with Crippen LogP contribution in [0.5, 0.6) is 0 Å². The van der Waals surface area contributed by atoms with E-state index in [1.54, 1.807) is 0 Å². The van der Waals surface area contributed by atoms with Crippen LogP contribution in [0.15, 0.2) is 0 Å². The minimum Gasteiger partial charge on any atom is -0.480 e. The Balaban J connectivity index is 4.24. The third-order valence-corrected chi connectivity index (χ3v) is 2.72. The van der Waals surface area contributed by atoms with Gasteiger partial charge >= 0.3 is 18.0 Å². The SMILES string of the molecule is COC(=O)CCCN(C)C(=O)NC(CCC(N)=O)C(=O)O. The van der Waals surface area contributed by atoms with Crippen molar-refractivity contribution in [3.05, 3.63) is 0 Å². The van der Waals surface area contributed by atoms with Crippen LogP contribution in [0.2, 0.25) is 0 Å². The van der Waals surface area contributed by atoms with Crippen LogP contribution in [0.25, 0.3) is 0 Å². The number of aliphatic carboxylic acids is 1. The van der Waals surface area contributed by atoms with Crippen molar-refractivity contribution < 1.29 is 29.0 Å². The van der Waals surface area contributed by atoms with E-state index in [2.05, 4.69) is 10.1 Å². The van der Waals surface area contributed by atoms with Crippen molar-refractivity contribution in [1.82, 2.24) is 10.2 Å². The number of carboxylic acid groups (broad SMARTS) is 1. The number of hydrogen-bond acceptors (Lipinski definition) is 5. The summed E-state index contributed by atoms with van der Waals surface area (Å²) in [5.74, 6) is -2.26. The first-order valence-corrected chi connectivity index (χ1v) is 6.37. The molecule has 0 fully saturated rings. The number of urea groups is 1. The second-order valence-electron chi connectivity index (χ2n) is 4.45. The molecule has 0 bridgehead atoms. The van der Waals surface area contributed by atoms with Crippen molar-refractivity contribution in [2.45, 2.75) is 31.7 Å². The molecule has 0 aromatic carbocycles. The second kappa shape index (κ2) is 9.56. The summed E-state index contributed by atoms with van der Waals surface area (Å²) in [6, 6.07) is -1.79. The molecule has 0 radical (unpaired) electrons. The fourth-order valence-electron chi connectivity index (χ4n) is 1.47. The Morgan fingerprint density at radius 3 is 2.38 bits per heavy atom. The molecule has 0 rings (SSSR count). The van der Waals surface area contributed by atoms with Gasteiger partial charge in [-0.05, 0) is 12.8 Å². The molecule has 0 aliphatic heterocycles. The van der Waals surface area contributed by atoms with Gasteiger partial charge in [-0.25, -0.2) is 9.59 Å². The Kier molecular flexibility index (Phi) is 8.51. The number of primary amides is 1. The van der Waals surface area contributed by atoms with E-state index < -0.39 is 23.9 Å². The van der Waals surface area contributed by atoms with Crippen LogP contribution in [-0.4, -0.2) is 60.6 Å². The van der Waals surface area contributed by atoms with E-state index in [0.717, 1.165) is 0 Å². The zero-order valence-electron chi connectivity index (χ0n) is 12.1. The Morgan fingerprint density at radius 1 is 1.29 bits per heavy atom. The second-order valence-corrected chi connectivity index (χ2v) is 4.45. The monoisotopic (exact) mass is 303 g/mol. The number of carbonyl (C=O) groups is 4. The number of ether oxygens (including phenoxy) is 1. The van der Waals surface area contributed by atoms with Gasteiger partial charge in [0.15, 0.2) is 0 Å². The van der Waals surface area contributed by atoms with Gasteiger partial charge in [-0.3, -0.25) is 9.59 Å². The molecule has 9 heteroatoms. The molecule has 1 atom stereocenters. The normalized spacial score (nSPS) is 11.3. The van der Waals surface area contributed by atoms with Crippen LogP contribution in [0.4, 0.5) is 4.79 Å². The third-order valence-electron chi connectivity index (χ3n) is 2.72. The Labute approximate surface area is 122 Å². The Morgan fingerprint density at radius 2 is 1.90 bits per heavy atom. The lowest BCUT2D eigenvalue weighted by atomic mass is 10.1. The zero-order valence-corrected chi connectivity index (χ0v) is 12.1. The van der Waals surface area contributed by atoms with Crippen molar-refractivity contribution >= 4 is 23.9 Å². The van der Waals surface area contributed by atoms with Crippen LogP contribution in [0, 0.1) is 0 Å². The van der Waals surface area contributed by atoms with Gasteiger partial charge in [0.2, 0.25) is 5.91 Å². The molecule has 0 saturated heterocycles. The number of hydrogen-bond donors (Lipinski definition) is 3. The van der Waals surface area contributed by atoms with E-state index in [9.17, 15) is 19.2 Å². The summed E-state index contributed by atoms with van der Waals surface area (Å²) in [5.41, 5.74) is 4.94. The highest BCUT2D eigenvalue weighted by Gasteiger charge is 2.22. The fraction of sp³-hybridized carbons (Fsp3) is 0.667. The molecule has 0 aliphatic rings. The number of amides is 3. The number of carboxylic acids is 1. The molecule has 3 amide bonds. The van der Waals surface area contributed by atoms with E-state index >= 15 is 0 Å². The summed E-state index contributed by atoms with van der Waals surface area (Å²) in [4.78, 5) is 45.5. The lowest BCUT2D eigenvalue weighted by Crippen LogP contribution is -2.47. The van der Waals surface area contributed by atoms with Gasteiger partial charge < -0.3 is 25.8 Å². The zero-order chi connectivity index (χ0) is 16.4. The van der Waals surface area contributed by atoms with E-state index in [1.807, 2.05) is 0 Å². The Hall–Kier alpha value is -2.32. The van der Waals surface area contributed by atoms with Crippen molar-refractivity contribution in [2.24, 2.45) is 5.73 Å². The number of rotatable bonds is 9. The molecule has 0 aromatic heterocycles. The van der Waals surface area contributed by atoms with Gasteiger partial charge in [0.05, 0.1) is 7.11 Å². The van der Waals surface area contributed by atoms with Crippen LogP contribution in [0.1, 0.15) is 25.7 Å². The topological polar surface area (TPSA) is 139 Å².